The molecule has 0 atom stereocenters. The van der Waals surface area contributed by atoms with E-state index >= 15 is 0 Å². The Morgan fingerprint density at radius 1 is 1.10 bits per heavy atom. The number of methoxy groups -OCH3 is 1. The van der Waals surface area contributed by atoms with Crippen LogP contribution in [0.15, 0.2) is 47.1 Å². The molecular formula is C22H24CrNO6+. The van der Waals surface area contributed by atoms with Crippen molar-refractivity contribution in [3.63, 3.8) is 0 Å². The maximum atomic E-state index is 7.50. The number of hydrogen-bond donors (Lipinski definition) is 0. The van der Waals surface area contributed by atoms with Gasteiger partial charge in [0.2, 0.25) is 0 Å². The van der Waals surface area contributed by atoms with Crippen molar-refractivity contribution in [2.45, 2.75) is 12.8 Å². The summed E-state index contributed by atoms with van der Waals surface area (Å²) in [5.41, 5.74) is 0.867. The standard InChI is InChI=1S/C17H21NO2.4CO.CH3.Cr/c1-5-6-9-13(19-4)12-16-14-10-7-8-11-15(14)17(20-16)18(2)3;4*1-2;;/h5,7-8,10-12H,1,6,9H2,2-4H3;;;;;1H3;/q;;;;;-1;+2/b13-12+;;;;;;. The number of furan rings is 1. The van der Waals surface area contributed by atoms with Crippen LogP contribution in [-0.4, -0.2) is 21.2 Å². The summed E-state index contributed by atoms with van der Waals surface area (Å²) >= 11 is 0. The summed E-state index contributed by atoms with van der Waals surface area (Å²) in [4.78, 5) is 0. The molecule has 0 unspecified atom stereocenters. The van der Waals surface area contributed by atoms with Gasteiger partial charge >= 0.3 is 62.6 Å². The Bertz CT molecular complexity index is 853. The Labute approximate surface area is 188 Å². The topological polar surface area (TPSA) is 105 Å². The van der Waals surface area contributed by atoms with Gasteiger partial charge in [-0.2, -0.15) is 0 Å². The smallest absolute Gasteiger partial charge is 0.358 e. The molecule has 0 aliphatic carbocycles. The maximum Gasteiger partial charge on any atom is 2.00 e. The Morgan fingerprint density at radius 3 is 2.03 bits per heavy atom. The number of nitrogens with zero attached hydrogens (tertiary/aromatic N) is 1. The maximum absolute atomic E-state index is 7.50. The van der Waals surface area contributed by atoms with Gasteiger partial charge in [0.25, 0.3) is 5.55 Å². The zero-order valence-electron chi connectivity index (χ0n) is 17.4. The third-order valence-electron chi connectivity index (χ3n) is 3.18. The second kappa shape index (κ2) is 26.3. The van der Waals surface area contributed by atoms with Gasteiger partial charge in [-0.05, 0) is 24.3 Å². The molecular weight excluding hydrogens is 426 g/mol. The molecule has 8 heteroatoms. The Hall–Kier alpha value is -2.67. The van der Waals surface area contributed by atoms with E-state index in [4.69, 9.17) is 27.8 Å². The van der Waals surface area contributed by atoms with Crippen molar-refractivity contribution >= 4 is 16.8 Å². The van der Waals surface area contributed by atoms with Crippen molar-refractivity contribution in [1.29, 1.82) is 0 Å². The van der Waals surface area contributed by atoms with E-state index in [1.165, 1.54) is 0 Å². The van der Waals surface area contributed by atoms with Gasteiger partial charge in [0.05, 0.1) is 12.9 Å². The minimum Gasteiger partial charge on any atom is -0.358 e. The SMILES string of the molecule is C=CCC/C(=C\[c-]1oc(=[N+](C)C)c2ccccc21)OC.[C-]#[O+].[C-]#[O+].[C-]#[O+].[C-]#[O+].[CH3-].[Cr+2]. The van der Waals surface area contributed by atoms with Crippen LogP contribution in [0.5, 0.6) is 0 Å². The van der Waals surface area contributed by atoms with Gasteiger partial charge in [-0.1, -0.05) is 29.7 Å². The number of hydrogen-bond acceptors (Lipinski definition) is 2. The first kappa shape index (κ1) is 38.0. The zero-order chi connectivity index (χ0) is 22.5. The van der Waals surface area contributed by atoms with E-state index < -0.39 is 0 Å². The van der Waals surface area contributed by atoms with E-state index in [0.29, 0.717) is 0 Å². The summed E-state index contributed by atoms with van der Waals surface area (Å²) in [6.07, 6.45) is 5.57. The van der Waals surface area contributed by atoms with Crippen molar-refractivity contribution in [1.82, 2.24) is 4.58 Å². The molecule has 0 aliphatic heterocycles. The number of benzene rings is 1. The molecule has 1 aromatic heterocycles. The van der Waals surface area contributed by atoms with Crippen molar-refractivity contribution < 1.29 is 45.1 Å². The van der Waals surface area contributed by atoms with Gasteiger partial charge in [0, 0.05) is 5.76 Å². The third-order valence-corrected chi connectivity index (χ3v) is 3.18. The van der Waals surface area contributed by atoms with Crippen molar-refractivity contribution in [2.24, 2.45) is 0 Å². The molecule has 0 N–H and O–H groups in total. The van der Waals surface area contributed by atoms with Crippen LogP contribution < -0.4 is 10.1 Å². The zero-order valence-corrected chi connectivity index (χ0v) is 18.7. The molecule has 30 heavy (non-hydrogen) atoms. The molecule has 0 fully saturated rings. The molecule has 0 radical (unpaired) electrons. The summed E-state index contributed by atoms with van der Waals surface area (Å²) in [5, 5.41) is 2.22. The fraction of sp³-hybridized carbons (Fsp3) is 0.227. The molecule has 0 aliphatic rings. The summed E-state index contributed by atoms with van der Waals surface area (Å²) in [6, 6.07) is 8.18. The van der Waals surface area contributed by atoms with E-state index in [2.05, 4.69) is 45.3 Å². The molecule has 0 saturated heterocycles. The van der Waals surface area contributed by atoms with Crippen LogP contribution in [-0.2, 0) is 40.7 Å². The normalized spacial score (nSPS) is 8.03. The fourth-order valence-corrected chi connectivity index (χ4v) is 2.16. The van der Waals surface area contributed by atoms with Gasteiger partial charge in [-0.3, -0.25) is 0 Å². The summed E-state index contributed by atoms with van der Waals surface area (Å²) < 4.78 is 43.4. The minimum absolute atomic E-state index is 0. The Morgan fingerprint density at radius 2 is 1.60 bits per heavy atom. The molecule has 0 spiro atoms. The first-order valence-electron chi connectivity index (χ1n) is 7.53. The summed E-state index contributed by atoms with van der Waals surface area (Å²) in [6.45, 7) is 21.7. The fourth-order valence-electron chi connectivity index (χ4n) is 2.16. The third kappa shape index (κ3) is 12.7. The predicted octanol–water partition coefficient (Wildman–Crippen LogP) is 3.43. The average molecular weight is 450 g/mol. The van der Waals surface area contributed by atoms with E-state index in [1.54, 1.807) is 7.11 Å². The predicted molar refractivity (Wildman–Crippen MR) is 105 cm³/mol. The molecule has 0 bridgehead atoms. The van der Waals surface area contributed by atoms with E-state index in [0.717, 1.165) is 40.7 Å². The van der Waals surface area contributed by atoms with Crippen molar-refractivity contribution in [3.8, 4) is 0 Å². The molecule has 158 valence electrons. The first-order chi connectivity index (χ1) is 13.7. The summed E-state index contributed by atoms with van der Waals surface area (Å²) in [7, 11) is 5.65. The number of rotatable bonds is 5. The van der Waals surface area contributed by atoms with E-state index in [1.807, 2.05) is 43.0 Å². The second-order valence-corrected chi connectivity index (χ2v) is 4.85. The minimum atomic E-state index is 0. The van der Waals surface area contributed by atoms with Gasteiger partial charge in [0.15, 0.2) is 0 Å². The first-order valence-corrected chi connectivity index (χ1v) is 7.53. The van der Waals surface area contributed by atoms with Crippen LogP contribution >= 0.6 is 0 Å². The van der Waals surface area contributed by atoms with Crippen LogP contribution in [0.4, 0.5) is 0 Å². The van der Waals surface area contributed by atoms with Crippen LogP contribution in [0.25, 0.3) is 16.8 Å². The summed E-state index contributed by atoms with van der Waals surface area (Å²) in [5.74, 6) is 1.74. The molecule has 0 amide bonds. The average Bonchev–Trinajstić information content (AvgIpc) is 3.15. The second-order valence-electron chi connectivity index (χ2n) is 4.85. The van der Waals surface area contributed by atoms with Gasteiger partial charge in [0.1, 0.15) is 14.1 Å². The van der Waals surface area contributed by atoms with E-state index in [9.17, 15) is 0 Å². The largest absolute Gasteiger partial charge is 2.00 e. The number of fused-ring (bicyclic) bond motifs is 1. The van der Waals surface area contributed by atoms with Crippen molar-refractivity contribution in [3.05, 3.63) is 88.0 Å². The number of allylic oxidation sites excluding steroid dienone is 2. The van der Waals surface area contributed by atoms with E-state index in [-0.39, 0.29) is 24.8 Å². The molecule has 2 aromatic rings. The van der Waals surface area contributed by atoms with Crippen LogP contribution in [0.1, 0.15) is 18.6 Å². The van der Waals surface area contributed by atoms with Crippen LogP contribution in [0.3, 0.4) is 0 Å². The molecule has 1 aromatic carbocycles. The Balaban J connectivity index is -0.000000187. The molecule has 2 rings (SSSR count). The molecule has 0 saturated carbocycles. The monoisotopic (exact) mass is 450 g/mol. The van der Waals surface area contributed by atoms with Crippen LogP contribution in [0.2, 0.25) is 0 Å². The molecule has 1 heterocycles. The van der Waals surface area contributed by atoms with Gasteiger partial charge < -0.3 is 16.6 Å². The van der Waals surface area contributed by atoms with Crippen molar-refractivity contribution in [2.75, 3.05) is 21.2 Å². The quantitative estimate of drug-likeness (QED) is 0.229. The van der Waals surface area contributed by atoms with Crippen LogP contribution in [0, 0.1) is 34.0 Å². The Kier molecular flexibility index (Phi) is 33.4. The molecule has 7 nitrogen and oxygen atoms in total. The van der Waals surface area contributed by atoms with Gasteiger partial charge in [-0.25, -0.2) is 4.58 Å². The van der Waals surface area contributed by atoms with Gasteiger partial charge in [-0.15, -0.1) is 12.6 Å². The number of ether oxygens (including phenoxy) is 1.